The van der Waals surface area contributed by atoms with Crippen LogP contribution in [0.4, 0.5) is 0 Å². The molecular weight excluding hydrogens is 512 g/mol. The van der Waals surface area contributed by atoms with Crippen molar-refractivity contribution in [3.05, 3.63) is 159 Å². The van der Waals surface area contributed by atoms with Gasteiger partial charge in [0.15, 0.2) is 0 Å². The number of aryl methyl sites for hydroxylation is 2. The van der Waals surface area contributed by atoms with Gasteiger partial charge in [-0.2, -0.15) is 0 Å². The molecule has 2 N–H and O–H groups in total. The highest BCUT2D eigenvalue weighted by Crippen LogP contribution is 2.38. The number of aliphatic hydroxyl groups is 2. The molecule has 1 aliphatic carbocycles. The first-order chi connectivity index (χ1) is 19.7. The standard InChI is InChI=1S/C40H50O2/c1-29(17-13-19-31(3)21-24-38-35(7)23-22-33(5)36(38)8)15-11-12-16-30(2)18-14-20-32(4)25-28-40(42)37(9)34(6)26-27-39(40,10)41/h11-28,41-42H,1-10H3/b12-11+,17-13+,18-14+,24-21+,28-25+,29-15+,30-16+,31-19+,32-20+. The van der Waals surface area contributed by atoms with E-state index in [0.717, 1.165) is 22.3 Å². The van der Waals surface area contributed by atoms with Gasteiger partial charge in [0.2, 0.25) is 0 Å². The van der Waals surface area contributed by atoms with Gasteiger partial charge in [0.05, 0.1) is 0 Å². The van der Waals surface area contributed by atoms with E-state index in [1.807, 2.05) is 63.3 Å². The topological polar surface area (TPSA) is 40.5 Å². The zero-order chi connectivity index (χ0) is 31.5. The lowest BCUT2D eigenvalue weighted by Gasteiger charge is -2.41. The summed E-state index contributed by atoms with van der Waals surface area (Å²) < 4.78 is 0. The molecular formula is C40H50O2. The van der Waals surface area contributed by atoms with Crippen LogP contribution in [-0.4, -0.2) is 21.4 Å². The predicted molar refractivity (Wildman–Crippen MR) is 184 cm³/mol. The number of benzene rings is 1. The largest absolute Gasteiger partial charge is 0.382 e. The minimum absolute atomic E-state index is 0.752. The van der Waals surface area contributed by atoms with Crippen molar-refractivity contribution in [1.29, 1.82) is 0 Å². The molecule has 2 rings (SSSR count). The van der Waals surface area contributed by atoms with Crippen molar-refractivity contribution in [2.45, 2.75) is 80.4 Å². The van der Waals surface area contributed by atoms with Gasteiger partial charge in [0.25, 0.3) is 0 Å². The molecule has 0 amide bonds. The van der Waals surface area contributed by atoms with E-state index in [0.29, 0.717) is 0 Å². The van der Waals surface area contributed by atoms with Crippen LogP contribution in [0.5, 0.6) is 0 Å². The van der Waals surface area contributed by atoms with Crippen molar-refractivity contribution >= 4 is 6.08 Å². The number of allylic oxidation sites excluding steroid dienone is 18. The first-order valence-corrected chi connectivity index (χ1v) is 14.7. The molecule has 0 saturated heterocycles. The Morgan fingerprint density at radius 2 is 1.12 bits per heavy atom. The average Bonchev–Trinajstić information content (AvgIpc) is 2.93. The molecule has 1 aromatic carbocycles. The summed E-state index contributed by atoms with van der Waals surface area (Å²) in [5.41, 5.74) is 8.67. The Balaban J connectivity index is 1.94. The van der Waals surface area contributed by atoms with Crippen molar-refractivity contribution in [3.8, 4) is 0 Å². The summed E-state index contributed by atoms with van der Waals surface area (Å²) >= 11 is 0. The van der Waals surface area contributed by atoms with Crippen LogP contribution in [0.1, 0.15) is 70.7 Å². The SMILES string of the molecule is CC1=C(C)C(O)(/C=C/C(C)=C/C=C/C(C)=C/C=C/C=C(C)/C=C/C=C(C)/C=C/c2c(C)ccc(C)c2C)C(C)(O)C=C1. The maximum absolute atomic E-state index is 11.2. The number of rotatable bonds is 10. The first kappa shape index (κ1) is 34.5. The molecule has 2 heteroatoms. The smallest absolute Gasteiger partial charge is 0.136 e. The highest BCUT2D eigenvalue weighted by molar-refractivity contribution is 5.61. The fourth-order valence-corrected chi connectivity index (χ4v) is 4.55. The minimum Gasteiger partial charge on any atom is -0.382 e. The molecule has 0 aromatic heterocycles. The fraction of sp³-hybridized carbons (Fsp3) is 0.300. The molecule has 2 nitrogen and oxygen atoms in total. The average molecular weight is 563 g/mol. The van der Waals surface area contributed by atoms with Gasteiger partial charge < -0.3 is 10.2 Å². The summed E-state index contributed by atoms with van der Waals surface area (Å²) in [6.07, 6.45) is 32.0. The van der Waals surface area contributed by atoms with E-state index >= 15 is 0 Å². The van der Waals surface area contributed by atoms with E-state index in [1.165, 1.54) is 33.4 Å². The van der Waals surface area contributed by atoms with Gasteiger partial charge in [-0.15, -0.1) is 0 Å². The quantitative estimate of drug-likeness (QED) is 0.279. The van der Waals surface area contributed by atoms with Crippen LogP contribution in [0.2, 0.25) is 0 Å². The zero-order valence-electron chi connectivity index (χ0n) is 27.3. The third kappa shape index (κ3) is 9.69. The molecule has 0 saturated carbocycles. The Kier molecular flexibility index (Phi) is 12.7. The van der Waals surface area contributed by atoms with Gasteiger partial charge >= 0.3 is 0 Å². The van der Waals surface area contributed by atoms with Gasteiger partial charge in [0, 0.05) is 0 Å². The van der Waals surface area contributed by atoms with Crippen molar-refractivity contribution in [3.63, 3.8) is 0 Å². The maximum atomic E-state index is 11.2. The second-order valence-electron chi connectivity index (χ2n) is 11.7. The third-order valence-electron chi connectivity index (χ3n) is 7.96. The van der Waals surface area contributed by atoms with E-state index in [2.05, 4.69) is 96.2 Å². The molecule has 0 radical (unpaired) electrons. The van der Waals surface area contributed by atoms with Crippen LogP contribution in [0.3, 0.4) is 0 Å². The van der Waals surface area contributed by atoms with Gasteiger partial charge in [-0.3, -0.25) is 0 Å². The summed E-state index contributed by atoms with van der Waals surface area (Å²) in [4.78, 5) is 0. The lowest BCUT2D eigenvalue weighted by atomic mass is 9.73. The van der Waals surface area contributed by atoms with Gasteiger partial charge in [-0.25, -0.2) is 0 Å². The van der Waals surface area contributed by atoms with E-state index < -0.39 is 11.2 Å². The van der Waals surface area contributed by atoms with Crippen molar-refractivity contribution in [2.24, 2.45) is 0 Å². The van der Waals surface area contributed by atoms with Gasteiger partial charge in [0.1, 0.15) is 11.2 Å². The molecule has 0 heterocycles. The summed E-state index contributed by atoms with van der Waals surface area (Å²) in [5, 5.41) is 21.9. The van der Waals surface area contributed by atoms with E-state index in [-0.39, 0.29) is 0 Å². The highest BCUT2D eigenvalue weighted by atomic mass is 16.4. The summed E-state index contributed by atoms with van der Waals surface area (Å²) in [6.45, 7) is 20.2. The van der Waals surface area contributed by atoms with Crippen LogP contribution < -0.4 is 0 Å². The Morgan fingerprint density at radius 1 is 0.643 bits per heavy atom. The molecule has 1 aliphatic rings. The van der Waals surface area contributed by atoms with Crippen molar-refractivity contribution in [2.75, 3.05) is 0 Å². The van der Waals surface area contributed by atoms with Crippen molar-refractivity contribution in [1.82, 2.24) is 0 Å². The highest BCUT2D eigenvalue weighted by Gasteiger charge is 2.45. The Bertz CT molecular complexity index is 1470. The van der Waals surface area contributed by atoms with E-state index in [1.54, 1.807) is 19.1 Å². The monoisotopic (exact) mass is 562 g/mol. The molecule has 2 unspecified atom stereocenters. The number of hydrogen-bond acceptors (Lipinski definition) is 2. The molecule has 42 heavy (non-hydrogen) atoms. The summed E-state index contributed by atoms with van der Waals surface area (Å²) in [5.74, 6) is 0. The van der Waals surface area contributed by atoms with Gasteiger partial charge in [-0.1, -0.05) is 119 Å². The zero-order valence-corrected chi connectivity index (χ0v) is 27.3. The third-order valence-corrected chi connectivity index (χ3v) is 7.96. The van der Waals surface area contributed by atoms with Crippen LogP contribution in [0, 0.1) is 20.8 Å². The Hall–Kier alpha value is -3.72. The minimum atomic E-state index is -1.43. The molecule has 0 spiro atoms. The molecule has 0 aliphatic heterocycles. The van der Waals surface area contributed by atoms with Crippen molar-refractivity contribution < 1.29 is 10.2 Å². The fourth-order valence-electron chi connectivity index (χ4n) is 4.55. The lowest BCUT2D eigenvalue weighted by Crippen LogP contribution is -2.52. The lowest BCUT2D eigenvalue weighted by molar-refractivity contribution is -0.0588. The Morgan fingerprint density at radius 3 is 1.69 bits per heavy atom. The molecule has 0 bridgehead atoms. The maximum Gasteiger partial charge on any atom is 0.136 e. The van der Waals surface area contributed by atoms with Crippen LogP contribution in [0.15, 0.2) is 137 Å². The van der Waals surface area contributed by atoms with Crippen LogP contribution in [-0.2, 0) is 0 Å². The van der Waals surface area contributed by atoms with Crippen LogP contribution >= 0.6 is 0 Å². The van der Waals surface area contributed by atoms with E-state index in [9.17, 15) is 10.2 Å². The van der Waals surface area contributed by atoms with Crippen LogP contribution in [0.25, 0.3) is 6.08 Å². The molecule has 2 atom stereocenters. The first-order valence-electron chi connectivity index (χ1n) is 14.7. The molecule has 1 aromatic rings. The summed E-state index contributed by atoms with van der Waals surface area (Å²) in [6, 6.07) is 4.36. The second-order valence-corrected chi connectivity index (χ2v) is 11.7. The number of hydrogen-bond donors (Lipinski definition) is 2. The summed E-state index contributed by atoms with van der Waals surface area (Å²) in [7, 11) is 0. The van der Waals surface area contributed by atoms with E-state index in [4.69, 9.17) is 0 Å². The normalized spacial score (nSPS) is 23.3. The second kappa shape index (κ2) is 15.5. The molecule has 222 valence electrons. The molecule has 0 fully saturated rings. The predicted octanol–water partition coefficient (Wildman–Crippen LogP) is 10.0. The van der Waals surface area contributed by atoms with Gasteiger partial charge in [-0.05, 0) is 115 Å². The Labute approximate surface area is 255 Å².